The Morgan fingerprint density at radius 2 is 1.97 bits per heavy atom. The lowest BCUT2D eigenvalue weighted by Gasteiger charge is -2.18. The Balaban J connectivity index is 1.41. The van der Waals surface area contributed by atoms with Gasteiger partial charge in [0.2, 0.25) is 5.91 Å². The molecule has 29 heavy (non-hydrogen) atoms. The first-order chi connectivity index (χ1) is 14.2. The summed E-state index contributed by atoms with van der Waals surface area (Å²) in [5, 5.41) is 2.91. The van der Waals surface area contributed by atoms with Crippen molar-refractivity contribution in [3.8, 4) is 11.5 Å². The Morgan fingerprint density at radius 3 is 2.72 bits per heavy atom. The van der Waals surface area contributed by atoms with Gasteiger partial charge in [0, 0.05) is 19.4 Å². The van der Waals surface area contributed by atoms with Crippen LogP contribution in [0.3, 0.4) is 0 Å². The lowest BCUT2D eigenvalue weighted by atomic mass is 10.0. The molecule has 1 aromatic rings. The summed E-state index contributed by atoms with van der Waals surface area (Å²) in [7, 11) is 3.16. The van der Waals surface area contributed by atoms with E-state index in [-0.39, 0.29) is 12.3 Å². The highest BCUT2D eigenvalue weighted by Gasteiger charge is 2.13. The molecule has 0 unspecified atom stereocenters. The fourth-order valence-corrected chi connectivity index (χ4v) is 3.18. The van der Waals surface area contributed by atoms with E-state index in [1.807, 2.05) is 12.1 Å². The van der Waals surface area contributed by atoms with Gasteiger partial charge in [-0.25, -0.2) is 0 Å². The normalized spacial score (nSPS) is 15.3. The van der Waals surface area contributed by atoms with Gasteiger partial charge in [0.05, 0.1) is 20.6 Å². The maximum atomic E-state index is 12.2. The molecule has 0 aromatic heterocycles. The van der Waals surface area contributed by atoms with E-state index in [0.717, 1.165) is 30.6 Å². The molecule has 0 spiro atoms. The van der Waals surface area contributed by atoms with Gasteiger partial charge in [-0.3, -0.25) is 4.79 Å². The van der Waals surface area contributed by atoms with Crippen molar-refractivity contribution in [1.82, 2.24) is 5.32 Å². The molecule has 0 bridgehead atoms. The van der Waals surface area contributed by atoms with Crippen molar-refractivity contribution < 1.29 is 23.7 Å². The second-order valence-electron chi connectivity index (χ2n) is 6.84. The molecular weight excluding hydrogens is 370 g/mol. The lowest BCUT2D eigenvalue weighted by Crippen LogP contribution is -2.26. The number of hydrogen-bond donors (Lipinski definition) is 1. The van der Waals surface area contributed by atoms with E-state index < -0.39 is 0 Å². The maximum absolute atomic E-state index is 12.2. The fourth-order valence-electron chi connectivity index (χ4n) is 3.18. The third kappa shape index (κ3) is 6.17. The van der Waals surface area contributed by atoms with E-state index in [4.69, 9.17) is 18.9 Å². The van der Waals surface area contributed by atoms with Crippen LogP contribution in [0.25, 0.3) is 0 Å². The molecule has 1 aliphatic heterocycles. The fraction of sp³-hybridized carbons (Fsp3) is 0.348. The lowest BCUT2D eigenvalue weighted by molar-refractivity contribution is -0.120. The van der Waals surface area contributed by atoms with E-state index in [1.54, 1.807) is 32.8 Å². The molecule has 3 rings (SSSR count). The van der Waals surface area contributed by atoms with Crippen LogP contribution < -0.4 is 14.8 Å². The quantitative estimate of drug-likeness (QED) is 0.678. The number of amides is 1. The Morgan fingerprint density at radius 1 is 1.14 bits per heavy atom. The molecule has 6 heteroatoms. The van der Waals surface area contributed by atoms with Gasteiger partial charge in [0.15, 0.2) is 11.5 Å². The topological polar surface area (TPSA) is 66.0 Å². The molecule has 2 aliphatic rings. The zero-order valence-corrected chi connectivity index (χ0v) is 16.9. The number of carbonyl (C=O) groups is 1. The zero-order valence-electron chi connectivity index (χ0n) is 16.9. The first kappa shape index (κ1) is 20.6. The van der Waals surface area contributed by atoms with Crippen molar-refractivity contribution in [3.05, 3.63) is 71.6 Å². The maximum Gasteiger partial charge on any atom is 0.224 e. The molecule has 0 saturated heterocycles. The summed E-state index contributed by atoms with van der Waals surface area (Å²) in [5.41, 5.74) is 2.18. The average molecular weight is 397 g/mol. The predicted octanol–water partition coefficient (Wildman–Crippen LogP) is 4.15. The molecule has 0 radical (unpaired) electrons. The van der Waals surface area contributed by atoms with Crippen LogP contribution in [0, 0.1) is 0 Å². The molecule has 1 heterocycles. The highest BCUT2D eigenvalue weighted by atomic mass is 16.5. The van der Waals surface area contributed by atoms with Crippen molar-refractivity contribution in [2.45, 2.75) is 32.1 Å². The van der Waals surface area contributed by atoms with Crippen LogP contribution in [0.1, 0.15) is 31.2 Å². The van der Waals surface area contributed by atoms with Crippen molar-refractivity contribution in [2.24, 2.45) is 0 Å². The first-order valence-corrected chi connectivity index (χ1v) is 9.71. The van der Waals surface area contributed by atoms with E-state index in [0.29, 0.717) is 30.2 Å². The Kier molecular flexibility index (Phi) is 7.39. The minimum atomic E-state index is -0.0653. The van der Waals surface area contributed by atoms with Gasteiger partial charge in [-0.1, -0.05) is 29.9 Å². The van der Waals surface area contributed by atoms with Crippen molar-refractivity contribution >= 4 is 5.91 Å². The number of hydrogen-bond acceptors (Lipinski definition) is 5. The largest absolute Gasteiger partial charge is 0.493 e. The summed E-state index contributed by atoms with van der Waals surface area (Å²) in [6.45, 7) is 0.472. The highest BCUT2D eigenvalue weighted by molar-refractivity contribution is 5.78. The predicted molar refractivity (Wildman–Crippen MR) is 110 cm³/mol. The monoisotopic (exact) mass is 397 g/mol. The van der Waals surface area contributed by atoms with Gasteiger partial charge in [0.25, 0.3) is 0 Å². The van der Waals surface area contributed by atoms with E-state index in [1.165, 1.54) is 5.57 Å². The van der Waals surface area contributed by atoms with Gasteiger partial charge < -0.3 is 24.3 Å². The van der Waals surface area contributed by atoms with Gasteiger partial charge in [-0.15, -0.1) is 0 Å². The number of nitrogens with one attached hydrogen (secondary N) is 1. The molecular formula is C23H27NO5. The van der Waals surface area contributed by atoms with Gasteiger partial charge >= 0.3 is 0 Å². The Hall–Kier alpha value is -3.15. The molecule has 0 saturated carbocycles. The van der Waals surface area contributed by atoms with E-state index >= 15 is 0 Å². The third-order valence-corrected chi connectivity index (χ3v) is 4.67. The van der Waals surface area contributed by atoms with Crippen LogP contribution in [0.5, 0.6) is 11.5 Å². The summed E-state index contributed by atoms with van der Waals surface area (Å²) in [5.74, 6) is 2.69. The second-order valence-corrected chi connectivity index (χ2v) is 6.84. The summed E-state index contributed by atoms with van der Waals surface area (Å²) in [6.07, 6.45) is 13.3. The van der Waals surface area contributed by atoms with Crippen LogP contribution in [0.2, 0.25) is 0 Å². The second kappa shape index (κ2) is 10.4. The summed E-state index contributed by atoms with van der Waals surface area (Å²) in [6, 6.07) is 5.46. The number of allylic oxidation sites excluding steroid dienone is 4. The van der Waals surface area contributed by atoms with Gasteiger partial charge in [-0.2, -0.15) is 0 Å². The van der Waals surface area contributed by atoms with Crippen LogP contribution in [0.15, 0.2) is 66.0 Å². The standard InChI is InChI=1S/C23H27NO5/c1-26-21-9-8-18(13-22(21)27-2)14-23(25)24-11-10-19-15-28-16-20(29-19)12-17-6-4-3-5-7-17/h3-4,6,8-9,13,15-16H,5,7,10-12,14H2,1-2H3,(H,24,25). The molecule has 154 valence electrons. The highest BCUT2D eigenvalue weighted by Crippen LogP contribution is 2.28. The molecule has 1 aromatic carbocycles. The molecule has 0 fully saturated rings. The molecule has 0 atom stereocenters. The van der Waals surface area contributed by atoms with Crippen LogP contribution in [0.4, 0.5) is 0 Å². The smallest absolute Gasteiger partial charge is 0.224 e. The van der Waals surface area contributed by atoms with Crippen LogP contribution in [-0.2, 0) is 20.7 Å². The van der Waals surface area contributed by atoms with E-state index in [2.05, 4.69) is 23.5 Å². The Labute approximate surface area is 171 Å². The zero-order chi connectivity index (χ0) is 20.5. The number of ether oxygens (including phenoxy) is 4. The number of rotatable bonds is 9. The van der Waals surface area contributed by atoms with Crippen molar-refractivity contribution in [3.63, 3.8) is 0 Å². The number of carbonyl (C=O) groups excluding carboxylic acids is 1. The van der Waals surface area contributed by atoms with Crippen LogP contribution >= 0.6 is 0 Å². The summed E-state index contributed by atoms with van der Waals surface area (Å²) < 4.78 is 21.8. The number of methoxy groups -OCH3 is 2. The summed E-state index contributed by atoms with van der Waals surface area (Å²) >= 11 is 0. The number of benzene rings is 1. The minimum absolute atomic E-state index is 0.0653. The average Bonchev–Trinajstić information content (AvgIpc) is 2.74. The molecule has 1 aliphatic carbocycles. The van der Waals surface area contributed by atoms with Crippen molar-refractivity contribution in [1.29, 1.82) is 0 Å². The third-order valence-electron chi connectivity index (χ3n) is 4.67. The minimum Gasteiger partial charge on any atom is -0.493 e. The molecule has 6 nitrogen and oxygen atoms in total. The SMILES string of the molecule is COc1ccc(CC(=O)NCCC2=COC=C(CC3=CC=CCC3)O2)cc1OC. The van der Waals surface area contributed by atoms with Crippen molar-refractivity contribution in [2.75, 3.05) is 20.8 Å². The van der Waals surface area contributed by atoms with Gasteiger partial charge in [0.1, 0.15) is 24.0 Å². The Bertz CT molecular complexity index is 851. The molecule has 1 amide bonds. The van der Waals surface area contributed by atoms with E-state index in [9.17, 15) is 4.79 Å². The first-order valence-electron chi connectivity index (χ1n) is 9.71. The summed E-state index contributed by atoms with van der Waals surface area (Å²) in [4.78, 5) is 12.2. The van der Waals surface area contributed by atoms with Gasteiger partial charge in [-0.05, 0) is 30.5 Å². The van der Waals surface area contributed by atoms with Crippen LogP contribution in [-0.4, -0.2) is 26.7 Å². The molecule has 1 N–H and O–H groups in total.